The van der Waals surface area contributed by atoms with E-state index in [0.29, 0.717) is 28.1 Å². The van der Waals surface area contributed by atoms with Gasteiger partial charge in [-0.3, -0.25) is 9.48 Å². The number of carbonyl (C=O) groups excluding carboxylic acids is 1. The molecular formula is C27H24F3N3O4S. The Labute approximate surface area is 217 Å². The molecule has 11 heteroatoms. The third kappa shape index (κ3) is 6.23. The van der Waals surface area contributed by atoms with Crippen LogP contribution in [0, 0.1) is 0 Å². The lowest BCUT2D eigenvalue weighted by Crippen LogP contribution is -2.17. The summed E-state index contributed by atoms with van der Waals surface area (Å²) in [5.41, 5.74) is 2.88. The lowest BCUT2D eigenvalue weighted by molar-refractivity contribution is -0.274. The molecule has 7 nitrogen and oxygen atoms in total. The molecule has 0 aliphatic heterocycles. The zero-order valence-corrected chi connectivity index (χ0v) is 21.3. The van der Waals surface area contributed by atoms with Gasteiger partial charge in [0.2, 0.25) is 5.91 Å². The van der Waals surface area contributed by atoms with Crippen molar-refractivity contribution in [2.24, 2.45) is 7.05 Å². The number of sulfone groups is 1. The number of halogens is 3. The normalized spacial score (nSPS) is 11.8. The molecule has 1 heterocycles. The van der Waals surface area contributed by atoms with E-state index in [2.05, 4.69) is 15.2 Å². The summed E-state index contributed by atoms with van der Waals surface area (Å²) in [6, 6.07) is 18.5. The molecule has 4 aromatic rings. The third-order valence-corrected chi connectivity index (χ3v) is 7.58. The van der Waals surface area contributed by atoms with Crippen LogP contribution in [-0.4, -0.2) is 36.2 Å². The van der Waals surface area contributed by atoms with Gasteiger partial charge in [0.1, 0.15) is 5.75 Å². The Bertz CT molecular complexity index is 1560. The summed E-state index contributed by atoms with van der Waals surface area (Å²) < 4.78 is 69.0. The maximum Gasteiger partial charge on any atom is 0.573 e. The predicted octanol–water partition coefficient (Wildman–Crippen LogP) is 5.63. The number of nitrogens with zero attached hydrogens (tertiary/aromatic N) is 2. The van der Waals surface area contributed by atoms with E-state index in [9.17, 15) is 26.4 Å². The highest BCUT2D eigenvalue weighted by Crippen LogP contribution is 2.40. The summed E-state index contributed by atoms with van der Waals surface area (Å²) in [5, 5.41) is 6.96. The van der Waals surface area contributed by atoms with Gasteiger partial charge in [-0.2, -0.15) is 5.10 Å². The number of anilines is 1. The number of amides is 1. The summed E-state index contributed by atoms with van der Waals surface area (Å²) in [6.07, 6.45) is -3.31. The number of hydrogen-bond donors (Lipinski definition) is 1. The van der Waals surface area contributed by atoms with Crippen molar-refractivity contribution in [3.63, 3.8) is 0 Å². The fourth-order valence-corrected chi connectivity index (χ4v) is 4.87. The first-order valence-electron chi connectivity index (χ1n) is 11.6. The van der Waals surface area contributed by atoms with Crippen LogP contribution in [0.15, 0.2) is 83.9 Å². The molecule has 0 saturated carbocycles. The van der Waals surface area contributed by atoms with Crippen LogP contribution in [0.5, 0.6) is 5.75 Å². The topological polar surface area (TPSA) is 90.3 Å². The fourth-order valence-electron chi connectivity index (χ4n) is 3.98. The smallest absolute Gasteiger partial charge is 0.405 e. The SMILES string of the molecule is CCS(=O)(=O)c1ccc(CC(=O)Nc2ccc(-c3ccccc3OC(F)(F)F)c(-c3ccnn3C)c2)cc1. The summed E-state index contributed by atoms with van der Waals surface area (Å²) in [7, 11) is -1.64. The number of hydrogen-bond acceptors (Lipinski definition) is 5. The Hall–Kier alpha value is -4.12. The average molecular weight is 544 g/mol. The zero-order valence-electron chi connectivity index (χ0n) is 20.5. The molecule has 0 spiro atoms. The standard InChI is InChI=1S/C27H24F3N3O4S/c1-3-38(35,36)20-11-8-18(9-12-20)16-26(34)32-19-10-13-21(23(17-19)24-14-15-31-33(24)2)22-6-4-5-7-25(22)37-27(28,29)30/h4-15,17H,3,16H2,1-2H3,(H,32,34). The molecule has 0 saturated heterocycles. The number of nitrogens with one attached hydrogen (secondary N) is 1. The molecule has 4 rings (SSSR count). The van der Waals surface area contributed by atoms with Gasteiger partial charge < -0.3 is 10.1 Å². The first kappa shape index (κ1) is 26.9. The van der Waals surface area contributed by atoms with Gasteiger partial charge in [0.15, 0.2) is 9.84 Å². The van der Waals surface area contributed by atoms with E-state index < -0.39 is 16.2 Å². The molecular weight excluding hydrogens is 519 g/mol. The number of ether oxygens (including phenoxy) is 1. The van der Waals surface area contributed by atoms with E-state index in [0.717, 1.165) is 0 Å². The second-order valence-corrected chi connectivity index (χ2v) is 10.7. The molecule has 0 radical (unpaired) electrons. The van der Waals surface area contributed by atoms with Gasteiger partial charge in [0, 0.05) is 30.1 Å². The monoisotopic (exact) mass is 543 g/mol. The van der Waals surface area contributed by atoms with Crippen LogP contribution in [0.2, 0.25) is 0 Å². The van der Waals surface area contributed by atoms with Crippen molar-refractivity contribution in [3.05, 3.63) is 84.6 Å². The van der Waals surface area contributed by atoms with Crippen molar-refractivity contribution >= 4 is 21.4 Å². The van der Waals surface area contributed by atoms with Crippen molar-refractivity contribution in [2.75, 3.05) is 11.1 Å². The molecule has 198 valence electrons. The molecule has 0 aliphatic rings. The molecule has 1 N–H and O–H groups in total. The summed E-state index contributed by atoms with van der Waals surface area (Å²) >= 11 is 0. The van der Waals surface area contributed by atoms with Crippen LogP contribution in [0.25, 0.3) is 22.4 Å². The van der Waals surface area contributed by atoms with Gasteiger partial charge in [-0.15, -0.1) is 13.2 Å². The van der Waals surface area contributed by atoms with Gasteiger partial charge in [-0.05, 0) is 47.5 Å². The maximum atomic E-state index is 13.0. The third-order valence-electron chi connectivity index (χ3n) is 5.83. The summed E-state index contributed by atoms with van der Waals surface area (Å²) in [5.74, 6) is -0.719. The number of carbonyl (C=O) groups is 1. The number of rotatable bonds is 8. The maximum absolute atomic E-state index is 13.0. The van der Waals surface area contributed by atoms with Gasteiger partial charge >= 0.3 is 6.36 Å². The van der Waals surface area contributed by atoms with E-state index >= 15 is 0 Å². The molecule has 0 fully saturated rings. The second kappa shape index (κ2) is 10.7. The average Bonchev–Trinajstić information content (AvgIpc) is 3.29. The number of para-hydroxylation sites is 1. The summed E-state index contributed by atoms with van der Waals surface area (Å²) in [4.78, 5) is 12.9. The number of benzene rings is 3. The van der Waals surface area contributed by atoms with Crippen molar-refractivity contribution in [1.29, 1.82) is 0 Å². The van der Waals surface area contributed by atoms with Crippen LogP contribution < -0.4 is 10.1 Å². The van der Waals surface area contributed by atoms with E-state index in [4.69, 9.17) is 0 Å². The zero-order chi connectivity index (χ0) is 27.5. The molecule has 0 bridgehead atoms. The Morgan fingerprint density at radius 1 is 0.974 bits per heavy atom. The van der Waals surface area contributed by atoms with Crippen LogP contribution in [0.4, 0.5) is 18.9 Å². The Morgan fingerprint density at radius 3 is 2.32 bits per heavy atom. The van der Waals surface area contributed by atoms with Gasteiger partial charge in [0.05, 0.1) is 22.8 Å². The predicted molar refractivity (Wildman–Crippen MR) is 137 cm³/mol. The number of alkyl halides is 3. The van der Waals surface area contributed by atoms with Gasteiger partial charge in [-0.25, -0.2) is 8.42 Å². The number of aromatic nitrogens is 2. The molecule has 0 unspecified atom stereocenters. The highest BCUT2D eigenvalue weighted by atomic mass is 32.2. The highest BCUT2D eigenvalue weighted by Gasteiger charge is 2.32. The first-order chi connectivity index (χ1) is 18.0. The van der Waals surface area contributed by atoms with Crippen molar-refractivity contribution in [3.8, 4) is 28.1 Å². The second-order valence-electron chi connectivity index (χ2n) is 8.42. The Kier molecular flexibility index (Phi) is 7.58. The number of aryl methyl sites for hydroxylation is 1. The van der Waals surface area contributed by atoms with E-state index in [1.54, 1.807) is 67.3 Å². The minimum Gasteiger partial charge on any atom is -0.405 e. The van der Waals surface area contributed by atoms with Gasteiger partial charge in [0.25, 0.3) is 0 Å². The molecule has 38 heavy (non-hydrogen) atoms. The molecule has 1 aromatic heterocycles. The van der Waals surface area contributed by atoms with E-state index in [1.165, 1.54) is 30.3 Å². The minimum atomic E-state index is -4.87. The molecule has 1 amide bonds. The van der Waals surface area contributed by atoms with Crippen LogP contribution in [0.1, 0.15) is 12.5 Å². The van der Waals surface area contributed by atoms with Crippen molar-refractivity contribution in [2.45, 2.75) is 24.6 Å². The molecule has 0 aliphatic carbocycles. The van der Waals surface area contributed by atoms with Crippen LogP contribution in [0.3, 0.4) is 0 Å². The molecule has 3 aromatic carbocycles. The van der Waals surface area contributed by atoms with Crippen LogP contribution >= 0.6 is 0 Å². The van der Waals surface area contributed by atoms with E-state index in [-0.39, 0.29) is 34.3 Å². The summed E-state index contributed by atoms with van der Waals surface area (Å²) in [6.45, 7) is 1.56. The van der Waals surface area contributed by atoms with Crippen molar-refractivity contribution in [1.82, 2.24) is 9.78 Å². The van der Waals surface area contributed by atoms with Crippen LogP contribution in [-0.2, 0) is 28.1 Å². The quantitative estimate of drug-likeness (QED) is 0.311. The Morgan fingerprint density at radius 2 is 1.68 bits per heavy atom. The highest BCUT2D eigenvalue weighted by molar-refractivity contribution is 7.91. The lowest BCUT2D eigenvalue weighted by atomic mass is 9.96. The largest absolute Gasteiger partial charge is 0.573 e. The minimum absolute atomic E-state index is 0.00248. The first-order valence-corrected chi connectivity index (χ1v) is 13.2. The lowest BCUT2D eigenvalue weighted by Gasteiger charge is -2.17. The van der Waals surface area contributed by atoms with E-state index in [1.807, 2.05) is 0 Å². The molecule has 0 atom stereocenters. The fraction of sp³-hybridized carbons (Fsp3) is 0.185. The Balaban J connectivity index is 1.64. The van der Waals surface area contributed by atoms with Gasteiger partial charge in [-0.1, -0.05) is 43.3 Å². The van der Waals surface area contributed by atoms with Crippen molar-refractivity contribution < 1.29 is 31.1 Å².